The van der Waals surface area contributed by atoms with Crippen molar-refractivity contribution in [3.63, 3.8) is 0 Å². The monoisotopic (exact) mass is 368 g/mol. The lowest BCUT2D eigenvalue weighted by Gasteiger charge is -2.42. The molecule has 0 spiro atoms. The number of amides is 1. The second-order valence-corrected chi connectivity index (χ2v) is 9.09. The van der Waals surface area contributed by atoms with Gasteiger partial charge in [-0.1, -0.05) is 31.4 Å². The van der Waals surface area contributed by atoms with Crippen molar-refractivity contribution in [2.24, 2.45) is 0 Å². The molecule has 138 valence electrons. The molecule has 2 fully saturated rings. The summed E-state index contributed by atoms with van der Waals surface area (Å²) in [6.07, 6.45) is 5.80. The van der Waals surface area contributed by atoms with Gasteiger partial charge in [-0.25, -0.2) is 12.8 Å². The van der Waals surface area contributed by atoms with Crippen molar-refractivity contribution in [2.45, 2.75) is 37.5 Å². The number of sulfonamides is 1. The normalized spacial score (nSPS) is 21.9. The highest BCUT2D eigenvalue weighted by atomic mass is 32.2. The van der Waals surface area contributed by atoms with Gasteiger partial charge in [0.2, 0.25) is 15.9 Å². The fraction of sp³-hybridized carbons (Fsp3) is 0.611. The first kappa shape index (κ1) is 18.3. The number of halogens is 1. The van der Waals surface area contributed by atoms with Crippen LogP contribution in [0.5, 0.6) is 0 Å². The van der Waals surface area contributed by atoms with Gasteiger partial charge in [-0.3, -0.25) is 4.79 Å². The van der Waals surface area contributed by atoms with Crippen molar-refractivity contribution in [2.75, 3.05) is 32.4 Å². The summed E-state index contributed by atoms with van der Waals surface area (Å²) in [6.45, 7) is 1.50. The molecule has 7 heteroatoms. The topological polar surface area (TPSA) is 57.7 Å². The minimum absolute atomic E-state index is 0.0620. The van der Waals surface area contributed by atoms with Crippen LogP contribution in [0.4, 0.5) is 4.39 Å². The van der Waals surface area contributed by atoms with E-state index in [4.69, 9.17) is 0 Å². The Labute approximate surface area is 148 Å². The molecule has 0 N–H and O–H groups in total. The van der Waals surface area contributed by atoms with E-state index in [2.05, 4.69) is 0 Å². The maximum Gasteiger partial charge on any atom is 0.233 e. The number of rotatable bonds is 3. The van der Waals surface area contributed by atoms with Crippen molar-refractivity contribution in [3.8, 4) is 0 Å². The fourth-order valence-electron chi connectivity index (χ4n) is 4.08. The average molecular weight is 368 g/mol. The van der Waals surface area contributed by atoms with E-state index in [1.54, 1.807) is 17.0 Å². The molecule has 1 amide bonds. The molecule has 3 rings (SSSR count). The Kier molecular flexibility index (Phi) is 5.16. The summed E-state index contributed by atoms with van der Waals surface area (Å²) >= 11 is 0. The number of nitrogens with zero attached hydrogens (tertiary/aromatic N) is 2. The highest BCUT2D eigenvalue weighted by Gasteiger charge is 2.44. The number of carbonyl (C=O) groups excluding carboxylic acids is 1. The first-order valence-electron chi connectivity index (χ1n) is 8.83. The summed E-state index contributed by atoms with van der Waals surface area (Å²) in [4.78, 5) is 15.2. The lowest BCUT2D eigenvalue weighted by atomic mass is 9.68. The fourth-order valence-corrected chi connectivity index (χ4v) is 4.90. The van der Waals surface area contributed by atoms with Crippen LogP contribution in [0.2, 0.25) is 0 Å². The van der Waals surface area contributed by atoms with Crippen molar-refractivity contribution in [3.05, 3.63) is 35.6 Å². The van der Waals surface area contributed by atoms with E-state index in [0.29, 0.717) is 26.2 Å². The summed E-state index contributed by atoms with van der Waals surface area (Å²) < 4.78 is 38.1. The second-order valence-electron chi connectivity index (χ2n) is 7.10. The largest absolute Gasteiger partial charge is 0.339 e. The highest BCUT2D eigenvalue weighted by molar-refractivity contribution is 7.88. The Morgan fingerprint density at radius 1 is 1.00 bits per heavy atom. The molecule has 1 saturated heterocycles. The van der Waals surface area contributed by atoms with Crippen LogP contribution in [-0.2, 0) is 20.2 Å². The molecule has 5 nitrogen and oxygen atoms in total. The first-order chi connectivity index (χ1) is 11.8. The van der Waals surface area contributed by atoms with E-state index in [-0.39, 0.29) is 11.7 Å². The molecule has 0 bridgehead atoms. The number of benzene rings is 1. The summed E-state index contributed by atoms with van der Waals surface area (Å²) in [5.41, 5.74) is 0.281. The Hall–Kier alpha value is -1.47. The van der Waals surface area contributed by atoms with E-state index < -0.39 is 15.4 Å². The molecule has 25 heavy (non-hydrogen) atoms. The Morgan fingerprint density at radius 3 is 2.08 bits per heavy atom. The van der Waals surface area contributed by atoms with E-state index >= 15 is 0 Å². The van der Waals surface area contributed by atoms with Crippen LogP contribution in [0.25, 0.3) is 0 Å². The van der Waals surface area contributed by atoms with Crippen LogP contribution >= 0.6 is 0 Å². The zero-order valence-corrected chi connectivity index (χ0v) is 15.4. The van der Waals surface area contributed by atoms with Gasteiger partial charge in [0.15, 0.2) is 0 Å². The number of hydrogen-bond acceptors (Lipinski definition) is 3. The van der Waals surface area contributed by atoms with Crippen LogP contribution in [-0.4, -0.2) is 56.0 Å². The van der Waals surface area contributed by atoms with Gasteiger partial charge in [-0.05, 0) is 30.5 Å². The number of carbonyl (C=O) groups is 1. The predicted octanol–water partition coefficient (Wildman–Crippen LogP) is 2.13. The smallest absolute Gasteiger partial charge is 0.233 e. The summed E-state index contributed by atoms with van der Waals surface area (Å²) in [6, 6.07) is 6.29. The van der Waals surface area contributed by atoms with E-state index in [1.165, 1.54) is 22.7 Å². The molecule has 0 unspecified atom stereocenters. The van der Waals surface area contributed by atoms with Crippen LogP contribution in [0, 0.1) is 5.82 Å². The number of piperazine rings is 1. The third kappa shape index (κ3) is 3.72. The molecule has 1 aromatic carbocycles. The summed E-state index contributed by atoms with van der Waals surface area (Å²) in [5.74, 6) is -0.240. The summed E-state index contributed by atoms with van der Waals surface area (Å²) in [7, 11) is -3.22. The molecule has 1 saturated carbocycles. The van der Waals surface area contributed by atoms with Crippen LogP contribution in [0.1, 0.15) is 37.7 Å². The zero-order valence-electron chi connectivity index (χ0n) is 14.6. The molecular weight excluding hydrogens is 343 g/mol. The maximum absolute atomic E-state index is 13.4. The molecule has 2 aliphatic rings. The SMILES string of the molecule is CS(=O)(=O)N1CCN(C(=O)C2(c3ccc(F)cc3)CCCCC2)CC1. The standard InChI is InChI=1S/C18H25FN2O3S/c1-25(23,24)21-13-11-20(12-14-21)17(22)18(9-3-2-4-10-18)15-5-7-16(19)8-6-15/h5-8H,2-4,9-14H2,1H3. The van der Waals surface area contributed by atoms with Crippen molar-refractivity contribution < 1.29 is 17.6 Å². The van der Waals surface area contributed by atoms with Crippen molar-refractivity contribution >= 4 is 15.9 Å². The molecule has 0 aromatic heterocycles. The maximum atomic E-state index is 13.4. The van der Waals surface area contributed by atoms with Crippen molar-refractivity contribution in [1.82, 2.24) is 9.21 Å². The minimum atomic E-state index is -3.22. The van der Waals surface area contributed by atoms with Gasteiger partial charge in [0, 0.05) is 26.2 Å². The predicted molar refractivity (Wildman–Crippen MR) is 94.2 cm³/mol. The molecule has 1 aromatic rings. The number of hydrogen-bond donors (Lipinski definition) is 0. The summed E-state index contributed by atoms with van der Waals surface area (Å²) in [5, 5.41) is 0. The van der Waals surface area contributed by atoms with Gasteiger partial charge in [0.25, 0.3) is 0 Å². The second kappa shape index (κ2) is 7.03. The Bertz CT molecular complexity index is 719. The van der Waals surface area contributed by atoms with Crippen LogP contribution in [0.3, 0.4) is 0 Å². The molecular formula is C18H25FN2O3S. The van der Waals surface area contributed by atoms with Crippen molar-refractivity contribution in [1.29, 1.82) is 0 Å². The average Bonchev–Trinajstić information content (AvgIpc) is 2.61. The van der Waals surface area contributed by atoms with Gasteiger partial charge >= 0.3 is 0 Å². The molecule has 0 atom stereocenters. The molecule has 1 aliphatic heterocycles. The van der Waals surface area contributed by atoms with E-state index in [9.17, 15) is 17.6 Å². The highest BCUT2D eigenvalue weighted by Crippen LogP contribution is 2.41. The lowest BCUT2D eigenvalue weighted by Crippen LogP contribution is -2.55. The van der Waals surface area contributed by atoms with Crippen LogP contribution in [0.15, 0.2) is 24.3 Å². The van der Waals surface area contributed by atoms with Gasteiger partial charge in [0.1, 0.15) is 5.82 Å². The quantitative estimate of drug-likeness (QED) is 0.821. The molecule has 0 radical (unpaired) electrons. The third-order valence-corrected chi connectivity index (χ3v) is 6.81. The van der Waals surface area contributed by atoms with E-state index in [1.807, 2.05) is 0 Å². The Morgan fingerprint density at radius 2 is 1.56 bits per heavy atom. The molecule has 1 aliphatic carbocycles. The lowest BCUT2D eigenvalue weighted by molar-refractivity contribution is -0.140. The van der Waals surface area contributed by atoms with Gasteiger partial charge in [-0.2, -0.15) is 4.31 Å². The molecule has 1 heterocycles. The first-order valence-corrected chi connectivity index (χ1v) is 10.7. The van der Waals surface area contributed by atoms with Gasteiger partial charge in [-0.15, -0.1) is 0 Å². The minimum Gasteiger partial charge on any atom is -0.339 e. The van der Waals surface area contributed by atoms with Gasteiger partial charge in [0.05, 0.1) is 11.7 Å². The Balaban J connectivity index is 1.82. The zero-order chi connectivity index (χ0) is 18.1. The van der Waals surface area contributed by atoms with Crippen LogP contribution < -0.4 is 0 Å². The van der Waals surface area contributed by atoms with Gasteiger partial charge < -0.3 is 4.90 Å². The van der Waals surface area contributed by atoms with E-state index in [0.717, 1.165) is 37.7 Å². The third-order valence-electron chi connectivity index (χ3n) is 5.51.